The van der Waals surface area contributed by atoms with Gasteiger partial charge in [0.2, 0.25) is 11.8 Å². The highest BCUT2D eigenvalue weighted by Crippen LogP contribution is 2.28. The SMILES string of the molecule is COc1ccc2c(c1)CCN(C1CCN(C(=O)Cn3cc(-c4cccc(F)c4Cl)c(=O)n([C@@H](C)COC(C)=O)c3=O)CC1)C(=O)C2. The van der Waals surface area contributed by atoms with Crippen molar-refractivity contribution < 1.29 is 28.2 Å². The summed E-state index contributed by atoms with van der Waals surface area (Å²) in [5, 5.41) is -0.303. The Morgan fingerprint density at radius 3 is 2.48 bits per heavy atom. The van der Waals surface area contributed by atoms with Crippen molar-refractivity contribution >= 4 is 29.4 Å². The topological polar surface area (TPSA) is 120 Å². The first-order valence-electron chi connectivity index (χ1n) is 15.1. The summed E-state index contributed by atoms with van der Waals surface area (Å²) >= 11 is 6.20. The van der Waals surface area contributed by atoms with E-state index in [9.17, 15) is 28.4 Å². The van der Waals surface area contributed by atoms with E-state index >= 15 is 0 Å². The first-order valence-corrected chi connectivity index (χ1v) is 15.5. The molecule has 0 saturated carbocycles. The summed E-state index contributed by atoms with van der Waals surface area (Å²) in [6.07, 6.45) is 3.39. The highest BCUT2D eigenvalue weighted by molar-refractivity contribution is 6.33. The van der Waals surface area contributed by atoms with Gasteiger partial charge < -0.3 is 19.3 Å². The maximum atomic E-state index is 14.4. The van der Waals surface area contributed by atoms with Crippen LogP contribution < -0.4 is 16.0 Å². The fraction of sp³-hybridized carbons (Fsp3) is 0.424. The quantitative estimate of drug-likeness (QED) is 0.342. The molecule has 0 spiro atoms. The summed E-state index contributed by atoms with van der Waals surface area (Å²) in [5.41, 5.74) is 0.526. The van der Waals surface area contributed by atoms with E-state index in [2.05, 4.69) is 0 Å². The Hall–Kier alpha value is -4.45. The van der Waals surface area contributed by atoms with Crippen LogP contribution in [-0.4, -0.2) is 76.1 Å². The number of likely N-dealkylation sites (tertiary alicyclic amines) is 1. The van der Waals surface area contributed by atoms with E-state index < -0.39 is 29.1 Å². The molecular formula is C33H36ClFN4O7. The van der Waals surface area contributed by atoms with Crippen LogP contribution in [0.3, 0.4) is 0 Å². The standard InChI is InChI=1S/C33H36ClFN4O7/c1-20(19-46-21(2)40)39-32(43)27(26-5-4-6-28(35)31(26)34)17-37(33(39)44)18-30(42)36-12-10-24(11-13-36)38-14-9-23-15-25(45-3)8-7-22(23)16-29(38)41/h4-8,15,17,20,24H,9-14,16,18-19H2,1-3H3/t20-/m0/s1. The molecule has 2 aliphatic heterocycles. The number of nitrogens with zero attached hydrogens (tertiary/aromatic N) is 4. The van der Waals surface area contributed by atoms with Crippen LogP contribution in [0.4, 0.5) is 4.39 Å². The number of aromatic nitrogens is 2. The third-order valence-corrected chi connectivity index (χ3v) is 9.04. The van der Waals surface area contributed by atoms with Crippen LogP contribution in [-0.2, 0) is 38.5 Å². The van der Waals surface area contributed by atoms with Gasteiger partial charge in [0.1, 0.15) is 24.7 Å². The fourth-order valence-corrected chi connectivity index (χ4v) is 6.38. The number of halogens is 2. The van der Waals surface area contributed by atoms with E-state index in [4.69, 9.17) is 21.1 Å². The number of hydrogen-bond acceptors (Lipinski definition) is 7. The van der Waals surface area contributed by atoms with E-state index in [-0.39, 0.29) is 47.2 Å². The van der Waals surface area contributed by atoms with E-state index in [1.807, 2.05) is 23.1 Å². The van der Waals surface area contributed by atoms with Gasteiger partial charge in [-0.15, -0.1) is 0 Å². The molecule has 0 radical (unpaired) electrons. The highest BCUT2D eigenvalue weighted by Gasteiger charge is 2.32. The number of piperidine rings is 1. The van der Waals surface area contributed by atoms with Crippen molar-refractivity contribution in [2.24, 2.45) is 0 Å². The number of esters is 1. The van der Waals surface area contributed by atoms with Crippen LogP contribution in [0.2, 0.25) is 5.02 Å². The summed E-state index contributed by atoms with van der Waals surface area (Å²) < 4.78 is 26.7. The van der Waals surface area contributed by atoms with Crippen LogP contribution in [0.15, 0.2) is 52.2 Å². The maximum Gasteiger partial charge on any atom is 0.331 e. The molecule has 244 valence electrons. The highest BCUT2D eigenvalue weighted by atomic mass is 35.5. The van der Waals surface area contributed by atoms with Crippen molar-refractivity contribution in [3.8, 4) is 16.9 Å². The van der Waals surface area contributed by atoms with Crippen LogP contribution in [0.1, 0.15) is 43.9 Å². The van der Waals surface area contributed by atoms with Gasteiger partial charge in [0, 0.05) is 44.4 Å². The molecule has 1 aromatic heterocycles. The van der Waals surface area contributed by atoms with Gasteiger partial charge in [-0.25, -0.2) is 9.18 Å². The first-order chi connectivity index (χ1) is 22.0. The molecular weight excluding hydrogens is 619 g/mol. The zero-order valence-corrected chi connectivity index (χ0v) is 26.7. The molecule has 5 rings (SSSR count). The molecule has 0 bridgehead atoms. The van der Waals surface area contributed by atoms with Crippen molar-refractivity contribution in [3.05, 3.63) is 85.4 Å². The average molecular weight is 655 g/mol. The monoisotopic (exact) mass is 654 g/mol. The summed E-state index contributed by atoms with van der Waals surface area (Å²) in [4.78, 5) is 68.7. The van der Waals surface area contributed by atoms with Crippen LogP contribution in [0.5, 0.6) is 5.75 Å². The van der Waals surface area contributed by atoms with Gasteiger partial charge in [-0.3, -0.25) is 28.3 Å². The minimum absolute atomic E-state index is 0.0266. The summed E-state index contributed by atoms with van der Waals surface area (Å²) in [5.74, 6) is -0.882. The molecule has 1 atom stereocenters. The first kappa shape index (κ1) is 32.9. The lowest BCUT2D eigenvalue weighted by molar-refractivity contribution is -0.142. The van der Waals surface area contributed by atoms with Gasteiger partial charge >= 0.3 is 11.7 Å². The minimum Gasteiger partial charge on any atom is -0.497 e. The van der Waals surface area contributed by atoms with E-state index in [1.165, 1.54) is 32.2 Å². The average Bonchev–Trinajstić information content (AvgIpc) is 3.20. The number of ether oxygens (including phenoxy) is 2. The van der Waals surface area contributed by atoms with Gasteiger partial charge in [0.05, 0.1) is 30.2 Å². The lowest BCUT2D eigenvalue weighted by atomic mass is 10.0. The smallest absolute Gasteiger partial charge is 0.331 e. The second kappa shape index (κ2) is 13.9. The molecule has 0 aliphatic carbocycles. The van der Waals surface area contributed by atoms with Gasteiger partial charge in [-0.2, -0.15) is 0 Å². The number of methoxy groups -OCH3 is 1. The Kier molecular flexibility index (Phi) is 9.95. The number of benzene rings is 2. The predicted octanol–water partition coefficient (Wildman–Crippen LogP) is 3.22. The zero-order chi connectivity index (χ0) is 33.1. The molecule has 2 amide bonds. The lowest BCUT2D eigenvalue weighted by Gasteiger charge is -2.38. The number of rotatable bonds is 8. The Bertz CT molecular complexity index is 1780. The van der Waals surface area contributed by atoms with Crippen molar-refractivity contribution in [2.45, 2.75) is 58.2 Å². The summed E-state index contributed by atoms with van der Waals surface area (Å²) in [6.45, 7) is 3.42. The van der Waals surface area contributed by atoms with E-state index in [0.29, 0.717) is 45.3 Å². The molecule has 13 heteroatoms. The van der Waals surface area contributed by atoms with Crippen molar-refractivity contribution in [1.82, 2.24) is 18.9 Å². The minimum atomic E-state index is -0.883. The number of carbonyl (C=O) groups excluding carboxylic acids is 3. The molecule has 46 heavy (non-hydrogen) atoms. The number of carbonyl (C=O) groups is 3. The van der Waals surface area contributed by atoms with E-state index in [1.54, 1.807) is 12.0 Å². The molecule has 2 aliphatic rings. The number of hydrogen-bond donors (Lipinski definition) is 0. The second-order valence-electron chi connectivity index (χ2n) is 11.6. The predicted molar refractivity (Wildman–Crippen MR) is 168 cm³/mol. The van der Waals surface area contributed by atoms with Crippen LogP contribution >= 0.6 is 11.6 Å². The Labute approximate surface area is 270 Å². The molecule has 11 nitrogen and oxygen atoms in total. The van der Waals surface area contributed by atoms with E-state index in [0.717, 1.165) is 32.1 Å². The van der Waals surface area contributed by atoms with Crippen molar-refractivity contribution in [2.75, 3.05) is 33.4 Å². The Balaban J connectivity index is 1.33. The van der Waals surface area contributed by atoms with Crippen molar-refractivity contribution in [1.29, 1.82) is 0 Å². The van der Waals surface area contributed by atoms with Crippen LogP contribution in [0, 0.1) is 5.82 Å². The third-order valence-electron chi connectivity index (χ3n) is 8.66. The number of fused-ring (bicyclic) bond motifs is 1. The second-order valence-corrected chi connectivity index (χ2v) is 12.0. The third kappa shape index (κ3) is 6.86. The molecule has 0 unspecified atom stereocenters. The van der Waals surface area contributed by atoms with Gasteiger partial charge in [0.25, 0.3) is 5.56 Å². The largest absolute Gasteiger partial charge is 0.497 e. The maximum absolute atomic E-state index is 14.4. The van der Waals surface area contributed by atoms with Gasteiger partial charge in [0.15, 0.2) is 0 Å². The normalized spacial score (nSPS) is 16.1. The van der Waals surface area contributed by atoms with Gasteiger partial charge in [-0.05, 0) is 55.5 Å². The number of amides is 2. The molecule has 1 saturated heterocycles. The van der Waals surface area contributed by atoms with Crippen LogP contribution in [0.25, 0.3) is 11.1 Å². The fourth-order valence-electron chi connectivity index (χ4n) is 6.16. The molecule has 1 fully saturated rings. The summed E-state index contributed by atoms with van der Waals surface area (Å²) in [6, 6.07) is 8.84. The molecule has 3 heterocycles. The Morgan fingerprint density at radius 1 is 1.04 bits per heavy atom. The zero-order valence-electron chi connectivity index (χ0n) is 26.0. The van der Waals surface area contributed by atoms with Gasteiger partial charge in [-0.1, -0.05) is 29.8 Å². The molecule has 3 aromatic rings. The summed E-state index contributed by atoms with van der Waals surface area (Å²) in [7, 11) is 1.61. The Morgan fingerprint density at radius 2 is 1.78 bits per heavy atom. The molecule has 0 N–H and O–H groups in total. The molecule has 2 aromatic carbocycles. The van der Waals surface area contributed by atoms with Crippen molar-refractivity contribution in [3.63, 3.8) is 0 Å². The lowest BCUT2D eigenvalue weighted by Crippen LogP contribution is -2.50.